The maximum atomic E-state index is 5.50. The third kappa shape index (κ3) is 1.74. The number of ether oxygens (including phenoxy) is 1. The molecule has 0 radical (unpaired) electrons. The van der Waals surface area contributed by atoms with E-state index in [1.54, 1.807) is 7.11 Å². The Morgan fingerprint density at radius 2 is 2.19 bits per heavy atom. The molecule has 1 unspecified atom stereocenters. The molecular formula is C8H11N5O3. The lowest BCUT2D eigenvalue weighted by atomic mass is 10.2. The third-order valence-electron chi connectivity index (χ3n) is 2.10. The van der Waals surface area contributed by atoms with Gasteiger partial charge in [-0.05, 0) is 16.7 Å². The van der Waals surface area contributed by atoms with Gasteiger partial charge < -0.3 is 15.0 Å². The van der Waals surface area contributed by atoms with Crippen LogP contribution in [0.15, 0.2) is 9.15 Å². The van der Waals surface area contributed by atoms with E-state index in [1.165, 1.54) is 0 Å². The van der Waals surface area contributed by atoms with Gasteiger partial charge in [0.05, 0.1) is 0 Å². The van der Waals surface area contributed by atoms with Crippen molar-refractivity contribution in [3.63, 3.8) is 0 Å². The first-order valence-corrected chi connectivity index (χ1v) is 4.71. The highest BCUT2D eigenvalue weighted by molar-refractivity contribution is 5.60. The molecule has 1 atom stereocenters. The number of nitrogen functional groups attached to an aromatic ring is 1. The summed E-state index contributed by atoms with van der Waals surface area (Å²) < 4.78 is 14.6. The van der Waals surface area contributed by atoms with Crippen molar-refractivity contribution in [2.75, 3.05) is 12.8 Å². The molecule has 8 heteroatoms. The van der Waals surface area contributed by atoms with Gasteiger partial charge in [-0.25, -0.2) is 4.63 Å². The number of hydrogen-bond acceptors (Lipinski definition) is 8. The van der Waals surface area contributed by atoms with Crippen LogP contribution in [0.4, 0.5) is 5.82 Å². The summed E-state index contributed by atoms with van der Waals surface area (Å²) in [6.45, 7) is 1.95. The zero-order chi connectivity index (χ0) is 11.5. The SMILES string of the molecule is CCC(OC)c1noc(-c2nonc2N)n1. The van der Waals surface area contributed by atoms with E-state index in [4.69, 9.17) is 15.0 Å². The van der Waals surface area contributed by atoms with E-state index in [9.17, 15) is 0 Å². The van der Waals surface area contributed by atoms with E-state index in [0.717, 1.165) is 6.42 Å². The average molecular weight is 225 g/mol. The minimum atomic E-state index is -0.210. The van der Waals surface area contributed by atoms with Crippen molar-refractivity contribution in [1.29, 1.82) is 0 Å². The summed E-state index contributed by atoms with van der Waals surface area (Å²) in [5.41, 5.74) is 5.74. The van der Waals surface area contributed by atoms with Gasteiger partial charge >= 0.3 is 0 Å². The van der Waals surface area contributed by atoms with Crippen molar-refractivity contribution < 1.29 is 13.9 Å². The third-order valence-corrected chi connectivity index (χ3v) is 2.10. The van der Waals surface area contributed by atoms with Crippen LogP contribution in [0, 0.1) is 0 Å². The highest BCUT2D eigenvalue weighted by Gasteiger charge is 2.20. The van der Waals surface area contributed by atoms with Crippen molar-refractivity contribution in [3.05, 3.63) is 5.82 Å². The second-order valence-corrected chi connectivity index (χ2v) is 3.09. The van der Waals surface area contributed by atoms with Crippen molar-refractivity contribution in [2.45, 2.75) is 19.4 Å². The smallest absolute Gasteiger partial charge is 0.284 e. The molecule has 2 heterocycles. The number of rotatable bonds is 4. The molecule has 0 amide bonds. The Morgan fingerprint density at radius 3 is 2.75 bits per heavy atom. The summed E-state index contributed by atoms with van der Waals surface area (Å²) in [5.74, 6) is 0.729. The predicted molar refractivity (Wildman–Crippen MR) is 52.0 cm³/mol. The van der Waals surface area contributed by atoms with Crippen LogP contribution in [0.5, 0.6) is 0 Å². The van der Waals surface area contributed by atoms with Gasteiger partial charge in [-0.1, -0.05) is 12.1 Å². The first-order valence-electron chi connectivity index (χ1n) is 4.71. The van der Waals surface area contributed by atoms with Crippen molar-refractivity contribution >= 4 is 5.82 Å². The van der Waals surface area contributed by atoms with Crippen molar-refractivity contribution in [3.8, 4) is 11.6 Å². The van der Waals surface area contributed by atoms with E-state index in [1.807, 2.05) is 6.92 Å². The Balaban J connectivity index is 2.29. The molecule has 2 aromatic rings. The zero-order valence-electron chi connectivity index (χ0n) is 8.88. The molecule has 0 aliphatic heterocycles. The van der Waals surface area contributed by atoms with Crippen molar-refractivity contribution in [1.82, 2.24) is 20.5 Å². The molecule has 2 rings (SSSR count). The number of nitrogens with two attached hydrogens (primary N) is 1. The van der Waals surface area contributed by atoms with Crippen molar-refractivity contribution in [2.24, 2.45) is 0 Å². The normalized spacial score (nSPS) is 12.9. The van der Waals surface area contributed by atoms with Gasteiger partial charge in [-0.3, -0.25) is 0 Å². The molecule has 0 spiro atoms. The van der Waals surface area contributed by atoms with Crippen LogP contribution in [0.2, 0.25) is 0 Å². The highest BCUT2D eigenvalue weighted by Crippen LogP contribution is 2.23. The number of aromatic nitrogens is 4. The number of methoxy groups -OCH3 is 1. The molecule has 0 aromatic carbocycles. The van der Waals surface area contributed by atoms with Gasteiger partial charge in [0.2, 0.25) is 17.3 Å². The van der Waals surface area contributed by atoms with Gasteiger partial charge in [-0.15, -0.1) is 0 Å². The maximum absolute atomic E-state index is 5.50. The topological polar surface area (TPSA) is 113 Å². The van der Waals surface area contributed by atoms with Crippen LogP contribution < -0.4 is 5.73 Å². The Kier molecular flexibility index (Phi) is 2.82. The molecule has 8 nitrogen and oxygen atoms in total. The van der Waals surface area contributed by atoms with Crippen LogP contribution in [0.25, 0.3) is 11.6 Å². The zero-order valence-corrected chi connectivity index (χ0v) is 8.88. The fourth-order valence-corrected chi connectivity index (χ4v) is 1.26. The predicted octanol–water partition coefficient (Wildman–Crippen LogP) is 0.799. The van der Waals surface area contributed by atoms with E-state index >= 15 is 0 Å². The van der Waals surface area contributed by atoms with Crippen LogP contribution in [-0.4, -0.2) is 27.6 Å². The molecule has 86 valence electrons. The average Bonchev–Trinajstić information content (AvgIpc) is 2.89. The lowest BCUT2D eigenvalue weighted by Gasteiger charge is -2.05. The largest absolute Gasteiger partial charge is 0.379 e. The summed E-state index contributed by atoms with van der Waals surface area (Å²) in [6, 6.07) is 0. The molecule has 0 aliphatic rings. The van der Waals surface area contributed by atoms with Crippen LogP contribution >= 0.6 is 0 Å². The maximum Gasteiger partial charge on any atom is 0.284 e. The second-order valence-electron chi connectivity index (χ2n) is 3.09. The fourth-order valence-electron chi connectivity index (χ4n) is 1.26. The van der Waals surface area contributed by atoms with E-state index in [-0.39, 0.29) is 23.5 Å². The Labute approximate surface area is 90.7 Å². The van der Waals surface area contributed by atoms with Crippen LogP contribution in [0.1, 0.15) is 25.3 Å². The first kappa shape index (κ1) is 10.6. The summed E-state index contributed by atoms with van der Waals surface area (Å²) >= 11 is 0. The Morgan fingerprint density at radius 1 is 1.38 bits per heavy atom. The van der Waals surface area contributed by atoms with Gasteiger partial charge in [-0.2, -0.15) is 4.98 Å². The summed E-state index contributed by atoms with van der Waals surface area (Å²) in [4.78, 5) is 4.11. The molecule has 0 aliphatic carbocycles. The lowest BCUT2D eigenvalue weighted by Crippen LogP contribution is -2.01. The standard InChI is InChI=1S/C8H11N5O3/c1-3-4(14-2)7-10-8(15-13-7)5-6(9)12-16-11-5/h4H,3H2,1-2H3,(H2,9,12). The number of hydrogen-bond donors (Lipinski definition) is 1. The van der Waals surface area contributed by atoms with E-state index in [0.29, 0.717) is 5.82 Å². The number of nitrogens with zero attached hydrogens (tertiary/aromatic N) is 4. The van der Waals surface area contributed by atoms with Gasteiger partial charge in [0.25, 0.3) is 5.89 Å². The van der Waals surface area contributed by atoms with Crippen LogP contribution in [0.3, 0.4) is 0 Å². The number of anilines is 1. The quantitative estimate of drug-likeness (QED) is 0.812. The highest BCUT2D eigenvalue weighted by atomic mass is 16.6. The molecule has 2 aromatic heterocycles. The molecule has 16 heavy (non-hydrogen) atoms. The fraction of sp³-hybridized carbons (Fsp3) is 0.500. The minimum absolute atomic E-state index is 0.112. The molecule has 0 bridgehead atoms. The minimum Gasteiger partial charge on any atom is -0.379 e. The summed E-state index contributed by atoms with van der Waals surface area (Å²) in [6.07, 6.45) is 0.528. The van der Waals surface area contributed by atoms with E-state index < -0.39 is 0 Å². The van der Waals surface area contributed by atoms with Crippen LogP contribution in [-0.2, 0) is 4.74 Å². The molecule has 0 fully saturated rings. The molecule has 0 saturated carbocycles. The lowest BCUT2D eigenvalue weighted by molar-refractivity contribution is 0.0903. The molecule has 0 saturated heterocycles. The Hall–Kier alpha value is -1.96. The van der Waals surface area contributed by atoms with Gasteiger partial charge in [0.1, 0.15) is 6.10 Å². The molecular weight excluding hydrogens is 214 g/mol. The summed E-state index contributed by atoms with van der Waals surface area (Å²) in [5, 5.41) is 10.8. The monoisotopic (exact) mass is 225 g/mol. The Bertz CT molecular complexity index is 462. The first-order chi connectivity index (χ1) is 7.76. The van der Waals surface area contributed by atoms with Gasteiger partial charge in [0, 0.05) is 7.11 Å². The summed E-state index contributed by atoms with van der Waals surface area (Å²) in [7, 11) is 1.58. The van der Waals surface area contributed by atoms with Gasteiger partial charge in [0.15, 0.2) is 0 Å². The second kappa shape index (κ2) is 4.27. The van der Waals surface area contributed by atoms with E-state index in [2.05, 4.69) is 25.1 Å². The molecule has 2 N–H and O–H groups in total.